The lowest BCUT2D eigenvalue weighted by Crippen LogP contribution is -2.57. The average molecular weight is 418 g/mol. The van der Waals surface area contributed by atoms with Crippen LogP contribution in [0.5, 0.6) is 0 Å². The molecule has 8 nitrogen and oxygen atoms in total. The van der Waals surface area contributed by atoms with Crippen molar-refractivity contribution in [2.24, 2.45) is 11.8 Å². The summed E-state index contributed by atoms with van der Waals surface area (Å²) in [5.74, 6) is -2.67. The molecule has 0 radical (unpaired) electrons. The monoisotopic (exact) mass is 418 g/mol. The molecule has 164 valence electrons. The number of fused-ring (bicyclic) bond motifs is 2. The zero-order valence-corrected chi connectivity index (χ0v) is 17.5. The molecule has 0 aromatic rings. The van der Waals surface area contributed by atoms with Gasteiger partial charge in [-0.2, -0.15) is 0 Å². The van der Waals surface area contributed by atoms with Crippen LogP contribution in [0.1, 0.15) is 33.1 Å². The van der Waals surface area contributed by atoms with Gasteiger partial charge in [-0.25, -0.2) is 0 Å². The molecule has 0 saturated carbocycles. The van der Waals surface area contributed by atoms with Crippen LogP contribution in [0.3, 0.4) is 0 Å². The summed E-state index contributed by atoms with van der Waals surface area (Å²) in [6.45, 7) is 4.75. The number of unbranched alkanes of at least 4 members (excludes halogenated alkanes) is 1. The van der Waals surface area contributed by atoms with Crippen LogP contribution in [0.2, 0.25) is 0 Å². The first-order valence-electron chi connectivity index (χ1n) is 10.9. The van der Waals surface area contributed by atoms with Gasteiger partial charge in [-0.15, -0.1) is 0 Å². The van der Waals surface area contributed by atoms with Crippen LogP contribution in [0, 0.1) is 11.8 Å². The number of aliphatic hydroxyl groups is 1. The fraction of sp³-hybridized carbons (Fsp3) is 0.682. The molecule has 30 heavy (non-hydrogen) atoms. The van der Waals surface area contributed by atoms with Gasteiger partial charge in [0.15, 0.2) is 0 Å². The molecule has 0 aromatic carbocycles. The molecule has 1 N–H and O–H groups in total. The Balaban J connectivity index is 1.81. The van der Waals surface area contributed by atoms with Crippen molar-refractivity contribution >= 4 is 17.8 Å². The predicted molar refractivity (Wildman–Crippen MR) is 107 cm³/mol. The molecular weight excluding hydrogens is 388 g/mol. The largest absolute Gasteiger partial charge is 0.465 e. The van der Waals surface area contributed by atoms with Gasteiger partial charge in [0.25, 0.3) is 0 Å². The second kappa shape index (κ2) is 8.15. The van der Waals surface area contributed by atoms with E-state index in [0.717, 1.165) is 12.8 Å². The first-order valence-corrected chi connectivity index (χ1v) is 10.9. The Hall–Kier alpha value is -2.19. The Bertz CT molecular complexity index is 780. The van der Waals surface area contributed by atoms with E-state index in [1.807, 2.05) is 18.2 Å². The number of amides is 2. The Morgan fingerprint density at radius 1 is 1.27 bits per heavy atom. The summed E-state index contributed by atoms with van der Waals surface area (Å²) in [5, 5.41) is 9.81. The molecule has 2 saturated heterocycles. The number of hydrogen-bond acceptors (Lipinski definition) is 6. The molecule has 4 aliphatic rings. The van der Waals surface area contributed by atoms with Gasteiger partial charge in [-0.1, -0.05) is 37.6 Å². The average Bonchev–Trinajstić information content (AvgIpc) is 3.11. The summed E-state index contributed by atoms with van der Waals surface area (Å²) in [5.41, 5.74) is -1.25. The summed E-state index contributed by atoms with van der Waals surface area (Å²) in [4.78, 5) is 43.3. The summed E-state index contributed by atoms with van der Waals surface area (Å²) >= 11 is 0. The highest BCUT2D eigenvalue weighted by molar-refractivity contribution is 5.99. The molecule has 0 aliphatic carbocycles. The van der Waals surface area contributed by atoms with E-state index in [4.69, 9.17) is 9.47 Å². The highest BCUT2D eigenvalue weighted by Crippen LogP contribution is 2.53. The van der Waals surface area contributed by atoms with Crippen LogP contribution in [-0.2, 0) is 23.9 Å². The van der Waals surface area contributed by atoms with E-state index in [-0.39, 0.29) is 25.0 Å². The molecule has 0 aromatic heterocycles. The third-order valence-corrected chi connectivity index (χ3v) is 6.66. The fourth-order valence-electron chi connectivity index (χ4n) is 5.21. The fourth-order valence-corrected chi connectivity index (χ4v) is 5.21. The highest BCUT2D eigenvalue weighted by atomic mass is 16.6. The normalized spacial score (nSPS) is 36.6. The van der Waals surface area contributed by atoms with Crippen LogP contribution >= 0.6 is 0 Å². The van der Waals surface area contributed by atoms with Gasteiger partial charge in [0, 0.05) is 13.1 Å². The van der Waals surface area contributed by atoms with Crippen molar-refractivity contribution < 1.29 is 29.0 Å². The highest BCUT2D eigenvalue weighted by Gasteiger charge is 2.72. The van der Waals surface area contributed by atoms with Crippen molar-refractivity contribution in [3.05, 3.63) is 24.3 Å². The van der Waals surface area contributed by atoms with Crippen molar-refractivity contribution in [2.75, 3.05) is 26.3 Å². The molecule has 4 aliphatic heterocycles. The third kappa shape index (κ3) is 3.08. The number of esters is 1. The van der Waals surface area contributed by atoms with E-state index in [0.29, 0.717) is 19.5 Å². The topological polar surface area (TPSA) is 96.4 Å². The maximum absolute atomic E-state index is 13.7. The van der Waals surface area contributed by atoms with E-state index in [1.165, 1.54) is 4.90 Å². The summed E-state index contributed by atoms with van der Waals surface area (Å²) in [7, 11) is 0. The third-order valence-electron chi connectivity index (χ3n) is 6.66. The Morgan fingerprint density at radius 3 is 2.80 bits per heavy atom. The van der Waals surface area contributed by atoms with Crippen molar-refractivity contribution in [2.45, 2.75) is 56.9 Å². The van der Waals surface area contributed by atoms with Crippen LogP contribution in [0.25, 0.3) is 0 Å². The Kier molecular flexibility index (Phi) is 5.72. The molecule has 4 rings (SSSR count). The van der Waals surface area contributed by atoms with Gasteiger partial charge in [0.05, 0.1) is 31.3 Å². The van der Waals surface area contributed by atoms with E-state index < -0.39 is 41.6 Å². The Morgan fingerprint density at radius 2 is 2.07 bits per heavy atom. The maximum Gasteiger partial charge on any atom is 0.312 e. The van der Waals surface area contributed by atoms with E-state index in [1.54, 1.807) is 17.9 Å². The standard InChI is InChI=1S/C22H30N2O6/c1-3-4-10-23-11-7-9-22-17(16-15(30-22)8-5-6-12-29-21(16)28)19(26)24(14(2)13-25)18(22)20(23)27/h5,7-9,14-18,25H,3-4,6,10-13H2,1-2H3/t14-,15-,16+,17+,18?,22+/m1/s1. The van der Waals surface area contributed by atoms with Gasteiger partial charge in [-0.05, 0) is 19.8 Å². The molecule has 6 atom stereocenters. The number of hydrogen-bond donors (Lipinski definition) is 1. The smallest absolute Gasteiger partial charge is 0.312 e. The molecule has 8 heteroatoms. The second-order valence-electron chi connectivity index (χ2n) is 8.54. The van der Waals surface area contributed by atoms with E-state index in [9.17, 15) is 19.5 Å². The van der Waals surface area contributed by atoms with E-state index in [2.05, 4.69) is 6.92 Å². The quantitative estimate of drug-likeness (QED) is 0.520. The van der Waals surface area contributed by atoms with Crippen molar-refractivity contribution in [3.8, 4) is 0 Å². The minimum Gasteiger partial charge on any atom is -0.465 e. The number of ether oxygens (including phenoxy) is 2. The number of carbonyl (C=O) groups is 3. The number of rotatable bonds is 5. The number of cyclic esters (lactones) is 1. The van der Waals surface area contributed by atoms with Gasteiger partial charge in [0.1, 0.15) is 17.6 Å². The number of aliphatic hydroxyl groups excluding tert-OH is 1. The number of carbonyl (C=O) groups excluding carboxylic acids is 3. The van der Waals surface area contributed by atoms with Crippen LogP contribution in [-0.4, -0.2) is 82.8 Å². The van der Waals surface area contributed by atoms with Gasteiger partial charge in [0.2, 0.25) is 11.8 Å². The number of nitrogens with zero attached hydrogens (tertiary/aromatic N) is 2. The first-order chi connectivity index (χ1) is 14.5. The first kappa shape index (κ1) is 21.1. The lowest BCUT2D eigenvalue weighted by molar-refractivity contribution is -0.156. The minimum atomic E-state index is -1.25. The van der Waals surface area contributed by atoms with Crippen LogP contribution in [0.15, 0.2) is 24.3 Å². The summed E-state index contributed by atoms with van der Waals surface area (Å²) < 4.78 is 11.8. The van der Waals surface area contributed by atoms with Gasteiger partial charge >= 0.3 is 5.97 Å². The molecule has 1 unspecified atom stereocenters. The maximum atomic E-state index is 13.7. The summed E-state index contributed by atoms with van der Waals surface area (Å²) in [6, 6.07) is -1.49. The lowest BCUT2D eigenvalue weighted by Gasteiger charge is -2.37. The molecular formula is C22H30N2O6. The number of likely N-dealkylation sites (tertiary alicyclic amines) is 1. The zero-order valence-electron chi connectivity index (χ0n) is 17.5. The summed E-state index contributed by atoms with van der Waals surface area (Å²) in [6.07, 6.45) is 9.15. The van der Waals surface area contributed by atoms with Crippen molar-refractivity contribution in [1.82, 2.24) is 9.80 Å². The van der Waals surface area contributed by atoms with Crippen LogP contribution < -0.4 is 0 Å². The predicted octanol–water partition coefficient (Wildman–Crippen LogP) is 0.650. The molecule has 0 bridgehead atoms. The van der Waals surface area contributed by atoms with Crippen molar-refractivity contribution in [3.63, 3.8) is 0 Å². The zero-order chi connectivity index (χ0) is 21.5. The Labute approximate surface area is 176 Å². The molecule has 1 spiro atoms. The van der Waals surface area contributed by atoms with Crippen LogP contribution in [0.4, 0.5) is 0 Å². The molecule has 2 amide bonds. The minimum absolute atomic E-state index is 0.198. The van der Waals surface area contributed by atoms with E-state index >= 15 is 0 Å². The van der Waals surface area contributed by atoms with Crippen molar-refractivity contribution in [1.29, 1.82) is 0 Å². The SMILES string of the molecule is CCCCN1CC=C[C@]23O[C@@H]4C=CCCOC(=O)[C@@H]4[C@H]2C(=O)N([C@H](C)CO)C3C1=O. The molecule has 2 fully saturated rings. The molecule has 4 heterocycles. The van der Waals surface area contributed by atoms with Gasteiger partial charge in [-0.3, -0.25) is 14.4 Å². The second-order valence-corrected chi connectivity index (χ2v) is 8.54. The lowest BCUT2D eigenvalue weighted by atomic mass is 9.77. The van der Waals surface area contributed by atoms with Gasteiger partial charge < -0.3 is 24.4 Å².